The Morgan fingerprint density at radius 1 is 1.00 bits per heavy atom. The van der Waals surface area contributed by atoms with Crippen LogP contribution in [0.2, 0.25) is 21.6 Å². The smallest absolute Gasteiger partial charge is 0.318 e. The molecule has 1 amide bonds. The Kier molecular flexibility index (Phi) is 12.6. The third-order valence-corrected chi connectivity index (χ3v) is 18.5. The predicted molar refractivity (Wildman–Crippen MR) is 221 cm³/mol. The summed E-state index contributed by atoms with van der Waals surface area (Å²) in [5.41, 5.74) is 4.76. The summed E-state index contributed by atoms with van der Waals surface area (Å²) in [4.78, 5) is 32.9. The molecule has 4 heterocycles. The second kappa shape index (κ2) is 17.0. The Hall–Kier alpha value is -3.69. The third-order valence-electron chi connectivity index (χ3n) is 12.1. The second-order valence-electron chi connectivity index (χ2n) is 16.3. The van der Waals surface area contributed by atoms with Crippen LogP contribution >= 0.6 is 11.6 Å². The number of anilines is 2. The van der Waals surface area contributed by atoms with E-state index in [1.165, 1.54) is 0 Å². The lowest BCUT2D eigenvalue weighted by atomic mass is 10.0. The zero-order valence-corrected chi connectivity index (χ0v) is 35.0. The molecular formula is C42H58ClN7O3Si. The number of fused-ring (bicyclic) bond motifs is 2. The number of aromatic nitrogens is 2. The maximum atomic E-state index is 14.0. The number of benzene rings is 2. The van der Waals surface area contributed by atoms with Crippen LogP contribution in [0, 0.1) is 11.3 Å². The Morgan fingerprint density at radius 3 is 2.39 bits per heavy atom. The van der Waals surface area contributed by atoms with Crippen molar-refractivity contribution < 1.29 is 14.0 Å². The second-order valence-corrected chi connectivity index (χ2v) is 22.2. The van der Waals surface area contributed by atoms with E-state index >= 15 is 0 Å². The van der Waals surface area contributed by atoms with Crippen LogP contribution < -0.4 is 14.5 Å². The molecule has 2 fully saturated rings. The number of ether oxygens (including phenoxy) is 1. The monoisotopic (exact) mass is 771 g/mol. The van der Waals surface area contributed by atoms with Crippen LogP contribution in [0.1, 0.15) is 72.1 Å². The summed E-state index contributed by atoms with van der Waals surface area (Å²) in [5.74, 6) is 0.706. The van der Waals surface area contributed by atoms with Crippen LogP contribution in [0.15, 0.2) is 48.6 Å². The molecule has 0 bridgehead atoms. The van der Waals surface area contributed by atoms with E-state index in [1.54, 1.807) is 0 Å². The molecule has 10 nitrogen and oxygen atoms in total. The molecule has 1 aromatic heterocycles. The van der Waals surface area contributed by atoms with Gasteiger partial charge in [-0.1, -0.05) is 84.0 Å². The van der Waals surface area contributed by atoms with Gasteiger partial charge in [-0.2, -0.15) is 15.2 Å². The van der Waals surface area contributed by atoms with Crippen molar-refractivity contribution in [3.63, 3.8) is 0 Å². The summed E-state index contributed by atoms with van der Waals surface area (Å²) in [6.45, 7) is 22.3. The molecule has 2 atom stereocenters. The number of piperazine rings is 1. The molecule has 6 rings (SSSR count). The molecule has 290 valence electrons. The van der Waals surface area contributed by atoms with Crippen LogP contribution in [0.25, 0.3) is 10.8 Å². The molecule has 0 unspecified atom stereocenters. The first-order chi connectivity index (χ1) is 25.8. The van der Waals surface area contributed by atoms with E-state index in [9.17, 15) is 10.1 Å². The van der Waals surface area contributed by atoms with E-state index in [4.69, 9.17) is 30.7 Å². The average Bonchev–Trinajstić information content (AvgIpc) is 3.57. The van der Waals surface area contributed by atoms with Crippen LogP contribution in [-0.4, -0.2) is 99.1 Å². The minimum atomic E-state index is -2.19. The van der Waals surface area contributed by atoms with E-state index in [0.29, 0.717) is 67.0 Å². The van der Waals surface area contributed by atoms with Gasteiger partial charge in [0.15, 0.2) is 0 Å². The zero-order valence-electron chi connectivity index (χ0n) is 33.3. The van der Waals surface area contributed by atoms with E-state index in [1.807, 2.05) is 17.0 Å². The van der Waals surface area contributed by atoms with Gasteiger partial charge in [-0.05, 0) is 67.0 Å². The maximum Gasteiger partial charge on any atom is 0.318 e. The molecule has 0 saturated carbocycles. The van der Waals surface area contributed by atoms with Gasteiger partial charge in [0.2, 0.25) is 8.32 Å². The SMILES string of the molecule is C=C(CO[Si](C(C)C)(C(C)C)C(C)C)C(=O)N1CCN(c2nc(OC[C@@H]3CCCN3C)nc3c2CCN(c2cccc4cccc(Cl)c24)C3)C[C@@H]1CC#N. The largest absolute Gasteiger partial charge is 0.462 e. The van der Waals surface area contributed by atoms with Crippen LogP contribution in [0.5, 0.6) is 6.01 Å². The summed E-state index contributed by atoms with van der Waals surface area (Å²) < 4.78 is 13.1. The number of likely N-dealkylation sites (N-methyl/N-ethyl adjacent to an activating group) is 1. The molecule has 3 aliphatic heterocycles. The summed E-state index contributed by atoms with van der Waals surface area (Å²) in [6, 6.07) is 15.1. The molecule has 0 radical (unpaired) electrons. The van der Waals surface area contributed by atoms with Gasteiger partial charge < -0.3 is 28.8 Å². The van der Waals surface area contributed by atoms with Gasteiger partial charge in [0.05, 0.1) is 42.4 Å². The van der Waals surface area contributed by atoms with Gasteiger partial charge in [-0.15, -0.1) is 0 Å². The number of amides is 1. The van der Waals surface area contributed by atoms with Crippen molar-refractivity contribution >= 4 is 48.1 Å². The van der Waals surface area contributed by atoms with Crippen molar-refractivity contribution in [2.75, 3.05) is 62.8 Å². The molecular weight excluding hydrogens is 714 g/mol. The lowest BCUT2D eigenvalue weighted by Crippen LogP contribution is -2.56. The standard InChI is InChI=1S/C42H58ClN7O3Si/c1-28(2)54(29(3)4,30(5)6)53-26-31(7)41(51)50-23-22-49(24-33(50)17-19-44)40-35-18-21-48(38-16-10-13-32-12-9-15-36(43)39(32)38)25-37(35)45-42(46-40)52-27-34-14-11-20-47(34)8/h9-10,12-13,15-16,28-30,33-34H,7,11,14,17-18,20-27H2,1-6,8H3/t33-,34-/m0/s1. The number of carbonyl (C=O) groups is 1. The minimum absolute atomic E-state index is 0.132. The number of rotatable bonds is 13. The van der Waals surface area contributed by atoms with Gasteiger partial charge >= 0.3 is 6.01 Å². The Morgan fingerprint density at radius 2 is 1.72 bits per heavy atom. The van der Waals surface area contributed by atoms with Crippen molar-refractivity contribution in [1.82, 2.24) is 19.8 Å². The zero-order chi connectivity index (χ0) is 38.7. The topological polar surface area (TPSA) is 98.1 Å². The highest BCUT2D eigenvalue weighted by molar-refractivity contribution is 6.77. The lowest BCUT2D eigenvalue weighted by Gasteiger charge is -2.44. The van der Waals surface area contributed by atoms with Gasteiger partial charge in [-0.25, -0.2) is 0 Å². The molecule has 0 aliphatic carbocycles. The summed E-state index contributed by atoms with van der Waals surface area (Å²) in [7, 11) is -0.0459. The Balaban J connectivity index is 1.25. The van der Waals surface area contributed by atoms with E-state index < -0.39 is 8.32 Å². The molecule has 3 aromatic rings. The van der Waals surface area contributed by atoms with E-state index in [2.05, 4.69) is 100 Å². The van der Waals surface area contributed by atoms with Crippen molar-refractivity contribution in [1.29, 1.82) is 5.26 Å². The maximum absolute atomic E-state index is 14.0. The number of nitrogens with zero attached hydrogens (tertiary/aromatic N) is 7. The normalized spacial score (nSPS) is 19.6. The fraction of sp³-hybridized carbons (Fsp3) is 0.571. The summed E-state index contributed by atoms with van der Waals surface area (Å²) in [5, 5.41) is 12.8. The molecule has 12 heteroatoms. The molecule has 0 spiro atoms. The molecule has 54 heavy (non-hydrogen) atoms. The van der Waals surface area contributed by atoms with Gasteiger partial charge in [0.1, 0.15) is 12.4 Å². The van der Waals surface area contributed by atoms with Gasteiger partial charge in [-0.3, -0.25) is 4.79 Å². The number of halogens is 1. The molecule has 2 aromatic carbocycles. The van der Waals surface area contributed by atoms with E-state index in [0.717, 1.165) is 70.9 Å². The average molecular weight is 773 g/mol. The van der Waals surface area contributed by atoms with Crippen LogP contribution in [0.4, 0.5) is 11.5 Å². The quantitative estimate of drug-likeness (QED) is 0.127. The number of nitriles is 1. The summed E-state index contributed by atoms with van der Waals surface area (Å²) in [6.07, 6.45) is 3.18. The Labute approximate surface area is 328 Å². The lowest BCUT2D eigenvalue weighted by molar-refractivity contribution is -0.130. The van der Waals surface area contributed by atoms with Crippen molar-refractivity contribution in [3.05, 3.63) is 64.8 Å². The van der Waals surface area contributed by atoms with Crippen molar-refractivity contribution in [3.8, 4) is 12.1 Å². The van der Waals surface area contributed by atoms with Gasteiger partial charge in [0.25, 0.3) is 5.91 Å². The number of likely N-dealkylation sites (tertiary alicyclic amines) is 1. The van der Waals surface area contributed by atoms with E-state index in [-0.39, 0.29) is 25.0 Å². The van der Waals surface area contributed by atoms with Crippen molar-refractivity contribution in [2.24, 2.45) is 0 Å². The number of carbonyl (C=O) groups excluding carboxylic acids is 1. The highest BCUT2D eigenvalue weighted by Gasteiger charge is 2.45. The number of hydrogen-bond donors (Lipinski definition) is 0. The Bertz CT molecular complexity index is 1850. The fourth-order valence-corrected chi connectivity index (χ4v) is 15.1. The van der Waals surface area contributed by atoms with Gasteiger partial charge in [0, 0.05) is 54.4 Å². The first kappa shape index (κ1) is 40.0. The van der Waals surface area contributed by atoms with Crippen molar-refractivity contribution in [2.45, 2.75) is 102 Å². The molecule has 2 saturated heterocycles. The predicted octanol–water partition coefficient (Wildman–Crippen LogP) is 8.00. The first-order valence-electron chi connectivity index (χ1n) is 19.7. The molecule has 0 N–H and O–H groups in total. The number of hydrogen-bond acceptors (Lipinski definition) is 9. The first-order valence-corrected chi connectivity index (χ1v) is 22.3. The van der Waals surface area contributed by atoms with Crippen LogP contribution in [0.3, 0.4) is 0 Å². The highest BCUT2D eigenvalue weighted by Crippen LogP contribution is 2.43. The summed E-state index contributed by atoms with van der Waals surface area (Å²) >= 11 is 6.77. The molecule has 3 aliphatic rings. The van der Waals surface area contributed by atoms with Crippen LogP contribution in [-0.2, 0) is 22.2 Å². The minimum Gasteiger partial charge on any atom is -0.462 e. The highest BCUT2D eigenvalue weighted by atomic mass is 35.5. The third kappa shape index (κ3) is 7.99. The fourth-order valence-electron chi connectivity index (χ4n) is 9.39.